The lowest BCUT2D eigenvalue weighted by Crippen LogP contribution is -2.30. The quantitative estimate of drug-likeness (QED) is 0.142. The number of aromatic amines is 2. The van der Waals surface area contributed by atoms with E-state index in [1.807, 2.05) is 60.7 Å². The Morgan fingerprint density at radius 3 is 1.37 bits per heavy atom. The van der Waals surface area contributed by atoms with Gasteiger partial charge in [-0.25, -0.2) is 0 Å². The number of aromatic nitrogens is 5. The van der Waals surface area contributed by atoms with Crippen molar-refractivity contribution >= 4 is 12.2 Å². The molecule has 0 saturated carbocycles. The van der Waals surface area contributed by atoms with E-state index >= 15 is 0 Å². The molecule has 2 unspecified atom stereocenters. The second kappa shape index (κ2) is 17.1. The predicted octanol–water partition coefficient (Wildman–Crippen LogP) is 10.7. The van der Waals surface area contributed by atoms with Crippen LogP contribution in [0.4, 0.5) is 0 Å². The largest absolute Gasteiger partial charge is 0.493 e. The highest BCUT2D eigenvalue weighted by Crippen LogP contribution is 2.47. The van der Waals surface area contributed by atoms with Gasteiger partial charge in [-0.15, -0.1) is 0 Å². The van der Waals surface area contributed by atoms with Crippen molar-refractivity contribution in [3.63, 3.8) is 0 Å². The lowest BCUT2D eigenvalue weighted by molar-refractivity contribution is 0.354. The molecule has 62 heavy (non-hydrogen) atoms. The maximum absolute atomic E-state index is 5.61. The van der Waals surface area contributed by atoms with E-state index in [4.69, 9.17) is 18.9 Å². The van der Waals surface area contributed by atoms with Gasteiger partial charge in [0, 0.05) is 57.9 Å². The molecule has 8 aromatic rings. The van der Waals surface area contributed by atoms with Crippen LogP contribution in [-0.4, -0.2) is 53.8 Å². The van der Waals surface area contributed by atoms with Gasteiger partial charge >= 0.3 is 0 Å². The summed E-state index contributed by atoms with van der Waals surface area (Å²) in [6.45, 7) is 0. The van der Waals surface area contributed by atoms with Crippen LogP contribution in [0.25, 0.3) is 34.8 Å². The van der Waals surface area contributed by atoms with Crippen molar-refractivity contribution in [2.24, 2.45) is 0 Å². The number of H-pyrrole nitrogens is 2. The van der Waals surface area contributed by atoms with E-state index in [9.17, 15) is 0 Å². The summed E-state index contributed by atoms with van der Waals surface area (Å²) in [5.41, 5.74) is 12.3. The van der Waals surface area contributed by atoms with Gasteiger partial charge < -0.3 is 18.9 Å². The van der Waals surface area contributed by atoms with E-state index in [0.29, 0.717) is 11.5 Å². The molecule has 9 nitrogen and oxygen atoms in total. The van der Waals surface area contributed by atoms with Gasteiger partial charge in [-0.1, -0.05) is 133 Å². The molecule has 3 heterocycles. The zero-order valence-electron chi connectivity index (χ0n) is 35.1. The SMILES string of the molecule is COc1ccc(C2(c3ccccc3)C=Cc3c(-c4ccccc4)n[nH]c3C2)cc1OC.COc1ccc(C2(c3ccccc3)C=Cc3c(-c4ccccn4)n[nH]c3C2)cc1OC. The fourth-order valence-electron chi connectivity index (χ4n) is 8.87. The number of nitrogens with one attached hydrogen (secondary N) is 2. The van der Waals surface area contributed by atoms with Gasteiger partial charge in [0.1, 0.15) is 5.69 Å². The Morgan fingerprint density at radius 2 is 0.903 bits per heavy atom. The second-order valence-electron chi connectivity index (χ2n) is 15.3. The van der Waals surface area contributed by atoms with Crippen LogP contribution < -0.4 is 18.9 Å². The lowest BCUT2D eigenvalue weighted by atomic mass is 9.68. The Hall–Kier alpha value is -7.65. The minimum Gasteiger partial charge on any atom is -0.493 e. The molecule has 0 radical (unpaired) electrons. The van der Waals surface area contributed by atoms with Crippen molar-refractivity contribution in [1.82, 2.24) is 25.4 Å². The maximum Gasteiger partial charge on any atom is 0.161 e. The molecule has 0 amide bonds. The number of hydrogen-bond donors (Lipinski definition) is 2. The average molecular weight is 818 g/mol. The van der Waals surface area contributed by atoms with Crippen LogP contribution >= 0.6 is 0 Å². The highest BCUT2D eigenvalue weighted by Gasteiger charge is 2.39. The molecule has 5 aromatic carbocycles. The number of rotatable bonds is 10. The maximum atomic E-state index is 5.61. The Bertz CT molecular complexity index is 2660. The first-order valence-electron chi connectivity index (χ1n) is 20.6. The average Bonchev–Trinajstić information content (AvgIpc) is 3.98. The third-order valence-corrected chi connectivity index (χ3v) is 12.1. The van der Waals surface area contributed by atoms with E-state index < -0.39 is 0 Å². The molecule has 3 aromatic heterocycles. The van der Waals surface area contributed by atoms with Gasteiger partial charge in [0.15, 0.2) is 23.0 Å². The summed E-state index contributed by atoms with van der Waals surface area (Å²) in [5, 5.41) is 15.8. The van der Waals surface area contributed by atoms with Crippen LogP contribution in [0.2, 0.25) is 0 Å². The number of fused-ring (bicyclic) bond motifs is 2. The highest BCUT2D eigenvalue weighted by molar-refractivity contribution is 5.77. The molecule has 0 spiro atoms. The molecule has 0 bridgehead atoms. The van der Waals surface area contributed by atoms with Gasteiger partial charge in [0.25, 0.3) is 0 Å². The topological polar surface area (TPSA) is 107 Å². The van der Waals surface area contributed by atoms with Gasteiger partial charge in [-0.3, -0.25) is 15.2 Å². The molecule has 0 saturated heterocycles. The molecule has 308 valence electrons. The number of benzene rings is 5. The van der Waals surface area contributed by atoms with Crippen molar-refractivity contribution in [2.45, 2.75) is 23.7 Å². The Kier molecular flexibility index (Phi) is 11.0. The standard InChI is InChI=1S/C27H24N2O2.C26H23N3O2/c1-30-24-14-13-21(17-25(24)31-2)27(20-11-7-4-8-12-20)16-15-22-23(18-27)28-29-26(22)19-9-5-3-6-10-19;1-30-23-12-11-19(16-24(23)31-2)26(18-8-4-3-5-9-18)14-13-20-22(17-26)28-29-25(20)21-10-6-7-15-27-21/h3-17H,18H2,1-2H3,(H,28,29);3-16H,17H2,1-2H3,(H,28,29). The van der Waals surface area contributed by atoms with E-state index in [1.165, 1.54) is 11.1 Å². The molecular formula is C53H47N5O4. The van der Waals surface area contributed by atoms with Gasteiger partial charge in [-0.2, -0.15) is 10.2 Å². The van der Waals surface area contributed by atoms with Crippen molar-refractivity contribution in [3.05, 3.63) is 209 Å². The summed E-state index contributed by atoms with van der Waals surface area (Å²) < 4.78 is 22.1. The van der Waals surface area contributed by atoms with Crippen LogP contribution in [0.15, 0.2) is 164 Å². The zero-order chi connectivity index (χ0) is 42.5. The Balaban J connectivity index is 0.000000158. The monoisotopic (exact) mass is 817 g/mol. The predicted molar refractivity (Wildman–Crippen MR) is 245 cm³/mol. The summed E-state index contributed by atoms with van der Waals surface area (Å²) >= 11 is 0. The first-order valence-corrected chi connectivity index (χ1v) is 20.6. The summed E-state index contributed by atoms with van der Waals surface area (Å²) in [4.78, 5) is 4.48. The van der Waals surface area contributed by atoms with Gasteiger partial charge in [0.2, 0.25) is 0 Å². The normalized spacial score (nSPS) is 17.2. The first-order chi connectivity index (χ1) is 30.5. The Morgan fingerprint density at radius 1 is 0.452 bits per heavy atom. The minimum atomic E-state index is -0.359. The molecule has 2 N–H and O–H groups in total. The van der Waals surface area contributed by atoms with E-state index in [-0.39, 0.29) is 10.8 Å². The van der Waals surface area contributed by atoms with Crippen molar-refractivity contribution in [1.29, 1.82) is 0 Å². The summed E-state index contributed by atoms with van der Waals surface area (Å²) in [6.07, 6.45) is 12.3. The number of ether oxygens (including phenoxy) is 4. The van der Waals surface area contributed by atoms with Crippen LogP contribution in [-0.2, 0) is 23.7 Å². The summed E-state index contributed by atoms with van der Waals surface area (Å²) in [6, 6.07) is 49.6. The minimum absolute atomic E-state index is 0.339. The smallest absolute Gasteiger partial charge is 0.161 e. The van der Waals surface area contributed by atoms with Crippen molar-refractivity contribution in [3.8, 4) is 45.6 Å². The highest BCUT2D eigenvalue weighted by atomic mass is 16.5. The molecule has 2 aliphatic carbocycles. The first kappa shape index (κ1) is 39.8. The molecule has 2 atom stereocenters. The number of hydrogen-bond acceptors (Lipinski definition) is 7. The number of nitrogens with zero attached hydrogens (tertiary/aromatic N) is 3. The number of methoxy groups -OCH3 is 4. The third-order valence-electron chi connectivity index (χ3n) is 12.1. The summed E-state index contributed by atoms with van der Waals surface area (Å²) in [7, 11) is 6.65. The van der Waals surface area contributed by atoms with Crippen LogP contribution in [0.3, 0.4) is 0 Å². The van der Waals surface area contributed by atoms with Crippen molar-refractivity contribution < 1.29 is 18.9 Å². The van der Waals surface area contributed by atoms with E-state index in [1.54, 1.807) is 34.6 Å². The second-order valence-corrected chi connectivity index (χ2v) is 15.3. The molecule has 0 aliphatic heterocycles. The number of allylic oxidation sites excluding steroid dienone is 2. The molecule has 9 heteroatoms. The summed E-state index contributed by atoms with van der Waals surface area (Å²) in [5.74, 6) is 2.88. The third kappa shape index (κ3) is 7.21. The van der Waals surface area contributed by atoms with Crippen LogP contribution in [0.5, 0.6) is 23.0 Å². The molecule has 2 aliphatic rings. The number of pyridine rings is 1. The van der Waals surface area contributed by atoms with Crippen LogP contribution in [0.1, 0.15) is 44.8 Å². The zero-order valence-corrected chi connectivity index (χ0v) is 35.1. The fraction of sp³-hybridized carbons (Fsp3) is 0.151. The van der Waals surface area contributed by atoms with Crippen LogP contribution in [0, 0.1) is 0 Å². The molecule has 0 fully saturated rings. The fourth-order valence-corrected chi connectivity index (χ4v) is 8.87. The van der Waals surface area contributed by atoms with Gasteiger partial charge in [0.05, 0.1) is 39.8 Å². The van der Waals surface area contributed by atoms with E-state index in [0.717, 1.165) is 80.6 Å². The molecule has 10 rings (SSSR count). The molecular weight excluding hydrogens is 771 g/mol. The van der Waals surface area contributed by atoms with Crippen molar-refractivity contribution in [2.75, 3.05) is 28.4 Å². The van der Waals surface area contributed by atoms with E-state index in [2.05, 4.69) is 135 Å². The Labute approximate surface area is 361 Å². The lowest BCUT2D eigenvalue weighted by Gasteiger charge is -2.35. The van der Waals surface area contributed by atoms with Gasteiger partial charge in [-0.05, 0) is 58.7 Å².